The number of nitrogen functional groups attached to an aromatic ring is 1. The van der Waals surface area contributed by atoms with Crippen LogP contribution < -0.4 is 5.73 Å². The maximum atomic E-state index is 13.2. The van der Waals surface area contributed by atoms with Gasteiger partial charge in [-0.25, -0.2) is 9.37 Å². The number of anilines is 1. The Kier molecular flexibility index (Phi) is 5.92. The molecule has 6 nitrogen and oxygen atoms in total. The SMILES string of the molecule is CC(C)[C@H]1CN(C(=O)c2ccc(N)nc2)CCC(=O)N1Cc1ccc(F)cc1. The molecular weight excluding hydrogens is 359 g/mol. The number of nitrogens with zero attached hydrogens (tertiary/aromatic N) is 3. The maximum absolute atomic E-state index is 13.2. The monoisotopic (exact) mass is 384 g/mol. The zero-order valence-electron chi connectivity index (χ0n) is 16.1. The van der Waals surface area contributed by atoms with Crippen molar-refractivity contribution in [1.82, 2.24) is 14.8 Å². The lowest BCUT2D eigenvalue weighted by molar-refractivity contribution is -0.134. The van der Waals surface area contributed by atoms with Crippen molar-refractivity contribution in [2.75, 3.05) is 18.8 Å². The van der Waals surface area contributed by atoms with Gasteiger partial charge >= 0.3 is 0 Å². The van der Waals surface area contributed by atoms with Crippen molar-refractivity contribution >= 4 is 17.6 Å². The van der Waals surface area contributed by atoms with Gasteiger partial charge in [0.05, 0.1) is 11.6 Å². The van der Waals surface area contributed by atoms with Crippen LogP contribution in [0.2, 0.25) is 0 Å². The summed E-state index contributed by atoms with van der Waals surface area (Å²) < 4.78 is 13.2. The number of benzene rings is 1. The molecule has 1 atom stereocenters. The molecule has 0 saturated carbocycles. The highest BCUT2D eigenvalue weighted by Crippen LogP contribution is 2.22. The minimum absolute atomic E-state index is 0.00578. The van der Waals surface area contributed by atoms with E-state index in [1.165, 1.54) is 18.3 Å². The topological polar surface area (TPSA) is 79.5 Å². The van der Waals surface area contributed by atoms with Gasteiger partial charge in [0.2, 0.25) is 5.91 Å². The molecule has 0 aliphatic carbocycles. The number of amides is 2. The molecule has 1 aliphatic rings. The summed E-state index contributed by atoms with van der Waals surface area (Å²) in [6.45, 7) is 5.26. The van der Waals surface area contributed by atoms with Crippen molar-refractivity contribution in [2.24, 2.45) is 5.92 Å². The highest BCUT2D eigenvalue weighted by molar-refractivity contribution is 5.94. The van der Waals surface area contributed by atoms with Gasteiger partial charge in [-0.1, -0.05) is 26.0 Å². The summed E-state index contributed by atoms with van der Waals surface area (Å²) in [6.07, 6.45) is 1.71. The van der Waals surface area contributed by atoms with E-state index in [0.29, 0.717) is 31.0 Å². The van der Waals surface area contributed by atoms with E-state index >= 15 is 0 Å². The van der Waals surface area contributed by atoms with E-state index in [-0.39, 0.29) is 36.0 Å². The van der Waals surface area contributed by atoms with Crippen LogP contribution in [0, 0.1) is 11.7 Å². The molecule has 0 spiro atoms. The lowest BCUT2D eigenvalue weighted by atomic mass is 10.0. The first kappa shape index (κ1) is 19.8. The Morgan fingerprint density at radius 1 is 1.25 bits per heavy atom. The summed E-state index contributed by atoms with van der Waals surface area (Å²) in [4.78, 5) is 33.3. The minimum atomic E-state index is -0.305. The van der Waals surface area contributed by atoms with Crippen molar-refractivity contribution in [2.45, 2.75) is 32.9 Å². The largest absolute Gasteiger partial charge is 0.384 e. The van der Waals surface area contributed by atoms with Gasteiger partial charge in [0.1, 0.15) is 11.6 Å². The van der Waals surface area contributed by atoms with Crippen LogP contribution in [0.4, 0.5) is 10.2 Å². The summed E-state index contributed by atoms with van der Waals surface area (Å²) in [6, 6.07) is 9.28. The molecule has 0 unspecified atom stereocenters. The summed E-state index contributed by atoms with van der Waals surface area (Å²) in [5, 5.41) is 0. The van der Waals surface area contributed by atoms with Crippen LogP contribution in [-0.4, -0.2) is 45.7 Å². The minimum Gasteiger partial charge on any atom is -0.384 e. The van der Waals surface area contributed by atoms with E-state index in [4.69, 9.17) is 5.73 Å². The molecule has 1 fully saturated rings. The molecule has 28 heavy (non-hydrogen) atoms. The van der Waals surface area contributed by atoms with E-state index in [2.05, 4.69) is 4.98 Å². The number of hydrogen-bond donors (Lipinski definition) is 1. The number of halogens is 1. The van der Waals surface area contributed by atoms with Crippen molar-refractivity contribution < 1.29 is 14.0 Å². The van der Waals surface area contributed by atoms with Gasteiger partial charge in [-0.05, 0) is 35.7 Å². The van der Waals surface area contributed by atoms with E-state index in [0.717, 1.165) is 5.56 Å². The van der Waals surface area contributed by atoms with Gasteiger partial charge in [-0.2, -0.15) is 0 Å². The van der Waals surface area contributed by atoms with Crippen LogP contribution in [0.25, 0.3) is 0 Å². The first-order valence-electron chi connectivity index (χ1n) is 9.40. The summed E-state index contributed by atoms with van der Waals surface area (Å²) in [7, 11) is 0. The Morgan fingerprint density at radius 2 is 1.96 bits per heavy atom. The third-order valence-electron chi connectivity index (χ3n) is 5.08. The van der Waals surface area contributed by atoms with Crippen LogP contribution in [-0.2, 0) is 11.3 Å². The Labute approximate surface area is 164 Å². The summed E-state index contributed by atoms with van der Waals surface area (Å²) >= 11 is 0. The van der Waals surface area contributed by atoms with Crippen LogP contribution >= 0.6 is 0 Å². The van der Waals surface area contributed by atoms with E-state index < -0.39 is 0 Å². The molecule has 2 N–H and O–H groups in total. The molecule has 3 rings (SSSR count). The molecule has 2 amide bonds. The van der Waals surface area contributed by atoms with Gasteiger partial charge in [-0.15, -0.1) is 0 Å². The average molecular weight is 384 g/mol. The van der Waals surface area contributed by atoms with Crippen molar-refractivity contribution in [1.29, 1.82) is 0 Å². The molecule has 148 valence electrons. The van der Waals surface area contributed by atoms with E-state index in [1.54, 1.807) is 29.2 Å². The van der Waals surface area contributed by atoms with Crippen molar-refractivity contribution in [3.8, 4) is 0 Å². The first-order chi connectivity index (χ1) is 13.3. The van der Waals surface area contributed by atoms with Gasteiger partial charge in [0, 0.05) is 32.3 Å². The molecule has 1 aromatic heterocycles. The number of pyridine rings is 1. The maximum Gasteiger partial charge on any atom is 0.255 e. The Balaban J connectivity index is 1.82. The van der Waals surface area contributed by atoms with Gasteiger partial charge < -0.3 is 15.5 Å². The van der Waals surface area contributed by atoms with Crippen LogP contribution in [0.1, 0.15) is 36.2 Å². The highest BCUT2D eigenvalue weighted by atomic mass is 19.1. The molecule has 7 heteroatoms. The second-order valence-corrected chi connectivity index (χ2v) is 7.43. The molecular formula is C21H25FN4O2. The third kappa shape index (κ3) is 4.47. The standard InChI is InChI=1S/C21H25FN4O2/c1-14(2)18-13-25(21(28)16-5-8-19(23)24-11-16)10-9-20(27)26(18)12-15-3-6-17(22)7-4-15/h3-8,11,14,18H,9-10,12-13H2,1-2H3,(H2,23,24)/t18-/m1/s1. The van der Waals surface area contributed by atoms with E-state index in [1.807, 2.05) is 18.7 Å². The van der Waals surface area contributed by atoms with Gasteiger partial charge in [-0.3, -0.25) is 9.59 Å². The first-order valence-corrected chi connectivity index (χ1v) is 9.40. The molecule has 1 saturated heterocycles. The predicted molar refractivity (Wildman–Crippen MR) is 105 cm³/mol. The normalized spacial score (nSPS) is 17.7. The fraction of sp³-hybridized carbons (Fsp3) is 0.381. The zero-order valence-corrected chi connectivity index (χ0v) is 16.1. The lowest BCUT2D eigenvalue weighted by Crippen LogP contribution is -2.47. The number of aromatic nitrogens is 1. The van der Waals surface area contributed by atoms with Crippen molar-refractivity contribution in [3.05, 3.63) is 59.5 Å². The molecule has 1 aromatic carbocycles. The Bertz CT molecular complexity index is 836. The highest BCUT2D eigenvalue weighted by Gasteiger charge is 2.33. The van der Waals surface area contributed by atoms with Crippen LogP contribution in [0.5, 0.6) is 0 Å². The second-order valence-electron chi connectivity index (χ2n) is 7.43. The smallest absolute Gasteiger partial charge is 0.255 e. The fourth-order valence-electron chi connectivity index (χ4n) is 3.44. The third-order valence-corrected chi connectivity index (χ3v) is 5.08. The number of nitrogens with two attached hydrogens (primary N) is 1. The Morgan fingerprint density at radius 3 is 2.57 bits per heavy atom. The number of rotatable bonds is 4. The van der Waals surface area contributed by atoms with Gasteiger partial charge in [0.25, 0.3) is 5.91 Å². The number of carbonyl (C=O) groups excluding carboxylic acids is 2. The molecule has 2 aromatic rings. The van der Waals surface area contributed by atoms with Crippen LogP contribution in [0.15, 0.2) is 42.6 Å². The quantitative estimate of drug-likeness (QED) is 0.879. The number of carbonyl (C=O) groups is 2. The van der Waals surface area contributed by atoms with E-state index in [9.17, 15) is 14.0 Å². The molecule has 0 radical (unpaired) electrons. The summed E-state index contributed by atoms with van der Waals surface area (Å²) in [5.41, 5.74) is 6.92. The van der Waals surface area contributed by atoms with Crippen molar-refractivity contribution in [3.63, 3.8) is 0 Å². The Hall–Kier alpha value is -2.96. The summed E-state index contributed by atoms with van der Waals surface area (Å²) in [5.74, 6) is 0.0408. The second kappa shape index (κ2) is 8.37. The number of hydrogen-bond acceptors (Lipinski definition) is 4. The average Bonchev–Trinajstić information content (AvgIpc) is 2.83. The molecule has 2 heterocycles. The van der Waals surface area contributed by atoms with Gasteiger partial charge in [0.15, 0.2) is 0 Å². The lowest BCUT2D eigenvalue weighted by Gasteiger charge is -2.34. The fourth-order valence-corrected chi connectivity index (χ4v) is 3.44. The zero-order chi connectivity index (χ0) is 20.3. The van der Waals surface area contributed by atoms with Crippen LogP contribution in [0.3, 0.4) is 0 Å². The molecule has 0 bridgehead atoms. The molecule has 1 aliphatic heterocycles. The predicted octanol–water partition coefficient (Wildman–Crippen LogP) is 2.70.